The molecule has 92 valence electrons. The average molecular weight is 240 g/mol. The minimum absolute atomic E-state index is 0.691. The number of hydrogen-bond acceptors (Lipinski definition) is 3. The fourth-order valence-corrected chi connectivity index (χ4v) is 1.83. The predicted molar refractivity (Wildman–Crippen MR) is 71.3 cm³/mol. The van der Waals surface area contributed by atoms with Gasteiger partial charge in [-0.3, -0.25) is 4.68 Å². The van der Waals surface area contributed by atoms with Crippen molar-refractivity contribution in [3.8, 4) is 6.07 Å². The van der Waals surface area contributed by atoms with Gasteiger partial charge < -0.3 is 5.32 Å². The first kappa shape index (κ1) is 12.2. The van der Waals surface area contributed by atoms with E-state index in [2.05, 4.69) is 16.5 Å². The van der Waals surface area contributed by atoms with Gasteiger partial charge >= 0.3 is 0 Å². The molecule has 0 aliphatic heterocycles. The maximum absolute atomic E-state index is 9.06. The number of benzene rings is 1. The molecule has 0 atom stereocenters. The Morgan fingerprint density at radius 3 is 2.89 bits per heavy atom. The fourth-order valence-electron chi connectivity index (χ4n) is 1.83. The van der Waals surface area contributed by atoms with E-state index in [4.69, 9.17) is 5.26 Å². The van der Waals surface area contributed by atoms with Crippen LogP contribution in [0.2, 0.25) is 0 Å². The van der Waals surface area contributed by atoms with E-state index in [0.29, 0.717) is 5.56 Å². The van der Waals surface area contributed by atoms with E-state index in [1.165, 1.54) is 0 Å². The van der Waals surface area contributed by atoms with E-state index in [-0.39, 0.29) is 0 Å². The first-order chi connectivity index (χ1) is 8.69. The second kappa shape index (κ2) is 5.37. The van der Waals surface area contributed by atoms with Crippen molar-refractivity contribution in [1.82, 2.24) is 9.78 Å². The van der Waals surface area contributed by atoms with Gasteiger partial charge in [-0.1, -0.05) is 6.07 Å². The van der Waals surface area contributed by atoms with Crippen LogP contribution in [0.25, 0.3) is 0 Å². The van der Waals surface area contributed by atoms with Crippen molar-refractivity contribution in [2.75, 3.05) is 11.9 Å². The summed E-state index contributed by atoms with van der Waals surface area (Å²) in [4.78, 5) is 0. The molecule has 1 heterocycles. The molecule has 0 aliphatic rings. The Kier molecular flexibility index (Phi) is 3.63. The van der Waals surface area contributed by atoms with Crippen LogP contribution in [0.3, 0.4) is 0 Å². The van der Waals surface area contributed by atoms with Crippen molar-refractivity contribution < 1.29 is 0 Å². The van der Waals surface area contributed by atoms with Crippen LogP contribution in [-0.2, 0) is 13.5 Å². The van der Waals surface area contributed by atoms with Gasteiger partial charge in [0.2, 0.25) is 0 Å². The Balaban J connectivity index is 1.96. The zero-order chi connectivity index (χ0) is 13.0. The Morgan fingerprint density at radius 2 is 2.22 bits per heavy atom. The monoisotopic (exact) mass is 240 g/mol. The first-order valence-corrected chi connectivity index (χ1v) is 5.92. The van der Waals surface area contributed by atoms with E-state index in [1.807, 2.05) is 44.4 Å². The van der Waals surface area contributed by atoms with Crippen LogP contribution < -0.4 is 5.32 Å². The Bertz CT molecular complexity index is 578. The van der Waals surface area contributed by atoms with Gasteiger partial charge in [0.1, 0.15) is 6.07 Å². The molecule has 0 amide bonds. The molecular formula is C14H16N4. The van der Waals surface area contributed by atoms with Crippen molar-refractivity contribution in [3.63, 3.8) is 0 Å². The molecule has 2 aromatic rings. The third kappa shape index (κ3) is 2.89. The minimum atomic E-state index is 0.691. The summed E-state index contributed by atoms with van der Waals surface area (Å²) in [5.74, 6) is 0. The lowest BCUT2D eigenvalue weighted by molar-refractivity contribution is 0.742. The smallest absolute Gasteiger partial charge is 0.101 e. The molecular weight excluding hydrogens is 224 g/mol. The summed E-state index contributed by atoms with van der Waals surface area (Å²) >= 11 is 0. The zero-order valence-corrected chi connectivity index (χ0v) is 10.6. The topological polar surface area (TPSA) is 53.6 Å². The van der Waals surface area contributed by atoms with Gasteiger partial charge in [0.05, 0.1) is 16.9 Å². The highest BCUT2D eigenvalue weighted by atomic mass is 15.2. The van der Waals surface area contributed by atoms with Crippen molar-refractivity contribution in [2.45, 2.75) is 13.3 Å². The van der Waals surface area contributed by atoms with E-state index < -0.39 is 0 Å². The van der Waals surface area contributed by atoms with Crippen molar-refractivity contribution >= 4 is 5.69 Å². The Hall–Kier alpha value is -2.28. The van der Waals surface area contributed by atoms with Gasteiger partial charge in [0.15, 0.2) is 0 Å². The molecule has 0 aliphatic carbocycles. The second-order valence-electron chi connectivity index (χ2n) is 4.32. The quantitative estimate of drug-likeness (QED) is 0.891. The highest BCUT2D eigenvalue weighted by Crippen LogP contribution is 2.16. The number of hydrogen-bond donors (Lipinski definition) is 1. The van der Waals surface area contributed by atoms with Crippen LogP contribution in [-0.4, -0.2) is 16.3 Å². The van der Waals surface area contributed by atoms with Crippen LogP contribution in [0, 0.1) is 18.3 Å². The molecule has 0 saturated heterocycles. The highest BCUT2D eigenvalue weighted by molar-refractivity contribution is 5.58. The number of aryl methyl sites for hydroxylation is 2. The van der Waals surface area contributed by atoms with E-state index in [9.17, 15) is 0 Å². The molecule has 18 heavy (non-hydrogen) atoms. The molecule has 0 spiro atoms. The number of rotatable bonds is 4. The van der Waals surface area contributed by atoms with Gasteiger partial charge in [-0.2, -0.15) is 10.4 Å². The van der Waals surface area contributed by atoms with Gasteiger partial charge in [-0.15, -0.1) is 0 Å². The normalized spacial score (nSPS) is 10.1. The number of anilines is 1. The number of nitrogens with one attached hydrogen (secondary N) is 1. The maximum atomic E-state index is 9.06. The molecule has 4 nitrogen and oxygen atoms in total. The van der Waals surface area contributed by atoms with E-state index >= 15 is 0 Å². The molecule has 0 unspecified atom stereocenters. The molecule has 0 bridgehead atoms. The van der Waals surface area contributed by atoms with Crippen LogP contribution in [0.5, 0.6) is 0 Å². The molecule has 1 N–H and O–H groups in total. The van der Waals surface area contributed by atoms with Gasteiger partial charge in [0.25, 0.3) is 0 Å². The number of nitrogens with zero attached hydrogens (tertiary/aromatic N) is 3. The van der Waals surface area contributed by atoms with Crippen molar-refractivity contribution in [1.29, 1.82) is 5.26 Å². The molecule has 2 rings (SSSR count). The molecule has 1 aromatic carbocycles. The third-order valence-electron chi connectivity index (χ3n) is 2.76. The predicted octanol–water partition coefficient (Wildman–Crippen LogP) is 2.25. The van der Waals surface area contributed by atoms with Crippen LogP contribution in [0.4, 0.5) is 5.69 Å². The van der Waals surface area contributed by atoms with Crippen molar-refractivity contribution in [3.05, 3.63) is 47.3 Å². The van der Waals surface area contributed by atoms with Gasteiger partial charge in [0, 0.05) is 26.2 Å². The standard InChI is InChI=1S/C14H16N4/c1-11-3-4-14(12(9-11)10-15)16-7-5-13-6-8-18(2)17-13/h3-4,6,8-9,16H,5,7H2,1-2H3. The van der Waals surface area contributed by atoms with Gasteiger partial charge in [-0.25, -0.2) is 0 Å². The molecule has 0 saturated carbocycles. The van der Waals surface area contributed by atoms with E-state index in [0.717, 1.165) is 29.9 Å². The summed E-state index contributed by atoms with van der Waals surface area (Å²) in [6, 6.07) is 10.1. The summed E-state index contributed by atoms with van der Waals surface area (Å²) in [5, 5.41) is 16.6. The maximum Gasteiger partial charge on any atom is 0.101 e. The summed E-state index contributed by atoms with van der Waals surface area (Å²) in [6.45, 7) is 2.76. The fraction of sp³-hybridized carbons (Fsp3) is 0.286. The molecule has 1 aromatic heterocycles. The molecule has 0 fully saturated rings. The Labute approximate surface area is 107 Å². The minimum Gasteiger partial charge on any atom is -0.384 e. The lowest BCUT2D eigenvalue weighted by Crippen LogP contribution is -2.07. The Morgan fingerprint density at radius 1 is 1.39 bits per heavy atom. The van der Waals surface area contributed by atoms with Gasteiger partial charge in [-0.05, 0) is 30.7 Å². The average Bonchev–Trinajstić information content (AvgIpc) is 2.77. The van der Waals surface area contributed by atoms with Crippen molar-refractivity contribution in [2.24, 2.45) is 7.05 Å². The summed E-state index contributed by atoms with van der Waals surface area (Å²) in [6.07, 6.45) is 2.78. The van der Waals surface area contributed by atoms with Crippen LogP contribution in [0.1, 0.15) is 16.8 Å². The summed E-state index contributed by atoms with van der Waals surface area (Å²) in [7, 11) is 1.91. The lowest BCUT2D eigenvalue weighted by atomic mass is 10.1. The summed E-state index contributed by atoms with van der Waals surface area (Å²) in [5.41, 5.74) is 3.73. The SMILES string of the molecule is Cc1ccc(NCCc2ccn(C)n2)c(C#N)c1. The molecule has 0 radical (unpaired) electrons. The highest BCUT2D eigenvalue weighted by Gasteiger charge is 2.02. The van der Waals surface area contributed by atoms with Crippen LogP contribution in [0.15, 0.2) is 30.5 Å². The zero-order valence-electron chi connectivity index (χ0n) is 10.6. The summed E-state index contributed by atoms with van der Waals surface area (Å²) < 4.78 is 1.79. The third-order valence-corrected chi connectivity index (χ3v) is 2.76. The number of nitriles is 1. The molecule has 4 heteroatoms. The number of aromatic nitrogens is 2. The largest absolute Gasteiger partial charge is 0.384 e. The van der Waals surface area contributed by atoms with Crippen LogP contribution >= 0.6 is 0 Å². The first-order valence-electron chi connectivity index (χ1n) is 5.92. The lowest BCUT2D eigenvalue weighted by Gasteiger charge is -2.07. The van der Waals surface area contributed by atoms with E-state index in [1.54, 1.807) is 4.68 Å². The second-order valence-corrected chi connectivity index (χ2v) is 4.32.